The number of carbonyl (C=O) groups is 2. The van der Waals surface area contributed by atoms with Gasteiger partial charge in [0.25, 0.3) is 5.91 Å². The highest BCUT2D eigenvalue weighted by Crippen LogP contribution is 2.27. The molecule has 0 radical (unpaired) electrons. The van der Waals surface area contributed by atoms with Gasteiger partial charge in [-0.3, -0.25) is 9.69 Å². The Bertz CT molecular complexity index is 1120. The summed E-state index contributed by atoms with van der Waals surface area (Å²) in [6.45, 7) is 3.28. The van der Waals surface area contributed by atoms with E-state index in [1.807, 2.05) is 54.6 Å². The van der Waals surface area contributed by atoms with Crippen molar-refractivity contribution in [1.82, 2.24) is 4.98 Å². The second-order valence-electron chi connectivity index (χ2n) is 8.40. The zero-order chi connectivity index (χ0) is 23.9. The minimum absolute atomic E-state index is 0.108. The second kappa shape index (κ2) is 10.8. The van der Waals surface area contributed by atoms with Crippen LogP contribution in [-0.2, 0) is 0 Å². The van der Waals surface area contributed by atoms with Crippen molar-refractivity contribution in [1.29, 1.82) is 0 Å². The van der Waals surface area contributed by atoms with Gasteiger partial charge in [0.2, 0.25) is 5.88 Å². The third kappa shape index (κ3) is 5.54. The smallest absolute Gasteiger partial charge is 0.391 e. The van der Waals surface area contributed by atoms with E-state index in [0.29, 0.717) is 23.0 Å². The van der Waals surface area contributed by atoms with Crippen molar-refractivity contribution in [3.8, 4) is 5.88 Å². The van der Waals surface area contributed by atoms with Crippen LogP contribution in [0.25, 0.3) is 0 Å². The number of benzene rings is 2. The summed E-state index contributed by atoms with van der Waals surface area (Å²) in [5.41, 5.74) is 2.92. The molecule has 1 atom stereocenters. The van der Waals surface area contributed by atoms with Gasteiger partial charge in [0.05, 0.1) is 0 Å². The van der Waals surface area contributed by atoms with Crippen LogP contribution in [0.5, 0.6) is 5.88 Å². The first-order chi connectivity index (χ1) is 16.5. The Balaban J connectivity index is 1.39. The van der Waals surface area contributed by atoms with Crippen molar-refractivity contribution < 1.29 is 14.3 Å². The lowest BCUT2D eigenvalue weighted by molar-refractivity contribution is 0.102. The number of nitrogens with one attached hydrogen (secondary N) is 1. The number of pyridine rings is 1. The molecule has 0 saturated carbocycles. The Labute approximate surface area is 200 Å². The molecule has 0 spiro atoms. The normalized spacial score (nSPS) is 15.5. The minimum Gasteiger partial charge on any atom is -0.391 e. The zero-order valence-electron chi connectivity index (χ0n) is 19.6. The Morgan fingerprint density at radius 2 is 1.85 bits per heavy atom. The van der Waals surface area contributed by atoms with Crippen molar-refractivity contribution in [3.63, 3.8) is 0 Å². The molecule has 1 fully saturated rings. The summed E-state index contributed by atoms with van der Waals surface area (Å²) in [5.74, 6) is -0.126. The van der Waals surface area contributed by atoms with E-state index in [1.165, 1.54) is 36.4 Å². The fourth-order valence-corrected chi connectivity index (χ4v) is 4.23. The summed E-state index contributed by atoms with van der Waals surface area (Å²) >= 11 is 0. The first kappa shape index (κ1) is 23.3. The summed E-state index contributed by atoms with van der Waals surface area (Å²) < 4.78 is 5.38. The van der Waals surface area contributed by atoms with E-state index in [9.17, 15) is 9.59 Å². The molecule has 1 saturated heterocycles. The fraction of sp³-hybridized carbons (Fsp3) is 0.296. The number of amides is 2. The number of anilines is 3. The number of para-hydroxylation sites is 1. The molecule has 176 valence electrons. The van der Waals surface area contributed by atoms with Gasteiger partial charge >= 0.3 is 6.09 Å². The number of ether oxygens (including phenoxy) is 1. The van der Waals surface area contributed by atoms with E-state index in [0.717, 1.165) is 18.7 Å². The Morgan fingerprint density at radius 1 is 1.09 bits per heavy atom. The average Bonchev–Trinajstić information content (AvgIpc) is 2.89. The molecule has 2 aromatic carbocycles. The molecule has 34 heavy (non-hydrogen) atoms. The van der Waals surface area contributed by atoms with Gasteiger partial charge in [-0.1, -0.05) is 25.1 Å². The van der Waals surface area contributed by atoms with Gasteiger partial charge in [-0.05, 0) is 68.1 Å². The largest absolute Gasteiger partial charge is 0.420 e. The highest BCUT2D eigenvalue weighted by Gasteiger charge is 2.21. The van der Waals surface area contributed by atoms with Gasteiger partial charge in [0.1, 0.15) is 0 Å². The molecule has 4 rings (SSSR count). The molecule has 1 N–H and O–H groups in total. The zero-order valence-corrected chi connectivity index (χ0v) is 19.6. The highest BCUT2D eigenvalue weighted by molar-refractivity contribution is 6.04. The molecule has 7 heteroatoms. The lowest BCUT2D eigenvalue weighted by Crippen LogP contribution is -2.39. The van der Waals surface area contributed by atoms with Gasteiger partial charge in [0.15, 0.2) is 0 Å². The number of piperidine rings is 1. The van der Waals surface area contributed by atoms with Crippen LogP contribution < -0.4 is 19.9 Å². The van der Waals surface area contributed by atoms with Crippen LogP contribution in [0.3, 0.4) is 0 Å². The van der Waals surface area contributed by atoms with Gasteiger partial charge in [-0.2, -0.15) is 0 Å². The molecular weight excluding hydrogens is 428 g/mol. The Kier molecular flexibility index (Phi) is 7.42. The highest BCUT2D eigenvalue weighted by atomic mass is 16.6. The first-order valence-corrected chi connectivity index (χ1v) is 11.7. The number of rotatable bonds is 6. The van der Waals surface area contributed by atoms with Gasteiger partial charge in [-0.25, -0.2) is 9.78 Å². The molecular formula is C27H30N4O3. The molecule has 1 aromatic heterocycles. The number of carbonyl (C=O) groups excluding carboxylic acids is 2. The number of nitrogens with zero attached hydrogens (tertiary/aromatic N) is 3. The maximum atomic E-state index is 12.8. The topological polar surface area (TPSA) is 74.8 Å². The van der Waals surface area contributed by atoms with E-state index < -0.39 is 6.09 Å². The maximum absolute atomic E-state index is 12.8. The van der Waals surface area contributed by atoms with Crippen molar-refractivity contribution in [2.24, 2.45) is 0 Å². The third-order valence-corrected chi connectivity index (χ3v) is 6.16. The van der Waals surface area contributed by atoms with Crippen LogP contribution in [0.4, 0.5) is 21.9 Å². The number of aromatic nitrogens is 1. The van der Waals surface area contributed by atoms with Gasteiger partial charge in [-0.15, -0.1) is 0 Å². The SMILES string of the molecule is CCC1CCCCN1c1ccc(C(=O)Nc2ccnc(OC(=O)N(C)c3ccccc3)c2)cc1. The van der Waals surface area contributed by atoms with Crippen LogP contribution in [0.15, 0.2) is 72.9 Å². The standard InChI is InChI=1S/C27H30N4O3/c1-3-22-9-7-8-18-31(22)24-14-12-20(13-15-24)26(32)29-21-16-17-28-25(19-21)34-27(33)30(2)23-10-5-4-6-11-23/h4-6,10-17,19,22H,3,7-9,18H2,1-2H3,(H,28,29,32). The Morgan fingerprint density at radius 3 is 2.59 bits per heavy atom. The molecule has 0 aliphatic carbocycles. The van der Waals surface area contributed by atoms with Crippen molar-refractivity contribution >= 4 is 29.1 Å². The molecule has 0 bridgehead atoms. The fourth-order valence-electron chi connectivity index (χ4n) is 4.23. The maximum Gasteiger partial charge on any atom is 0.420 e. The van der Waals surface area contributed by atoms with Gasteiger partial charge < -0.3 is 15.0 Å². The summed E-state index contributed by atoms with van der Waals surface area (Å²) in [5, 5.41) is 2.85. The van der Waals surface area contributed by atoms with Crippen LogP contribution in [-0.4, -0.2) is 36.6 Å². The predicted molar refractivity (Wildman–Crippen MR) is 135 cm³/mol. The van der Waals surface area contributed by atoms with Crippen LogP contribution in [0.2, 0.25) is 0 Å². The second-order valence-corrected chi connectivity index (χ2v) is 8.40. The van der Waals surface area contributed by atoms with Crippen molar-refractivity contribution in [2.75, 3.05) is 28.7 Å². The molecule has 1 aliphatic rings. The Hall–Kier alpha value is -3.87. The molecule has 1 unspecified atom stereocenters. The first-order valence-electron chi connectivity index (χ1n) is 11.7. The third-order valence-electron chi connectivity index (χ3n) is 6.16. The molecule has 3 aromatic rings. The van der Waals surface area contributed by atoms with Crippen LogP contribution >= 0.6 is 0 Å². The summed E-state index contributed by atoms with van der Waals surface area (Å²) in [4.78, 5) is 33.2. The van der Waals surface area contributed by atoms with E-state index in [4.69, 9.17) is 4.74 Å². The minimum atomic E-state index is -0.569. The van der Waals surface area contributed by atoms with E-state index in [1.54, 1.807) is 13.1 Å². The quantitative estimate of drug-likeness (QED) is 0.510. The molecule has 2 heterocycles. The van der Waals surface area contributed by atoms with Crippen LogP contribution in [0, 0.1) is 0 Å². The summed E-state index contributed by atoms with van der Waals surface area (Å²) in [6.07, 6.45) is 5.75. The number of hydrogen-bond acceptors (Lipinski definition) is 5. The number of hydrogen-bond donors (Lipinski definition) is 1. The monoisotopic (exact) mass is 458 g/mol. The summed E-state index contributed by atoms with van der Waals surface area (Å²) in [6, 6.07) is 20.7. The lowest BCUT2D eigenvalue weighted by atomic mass is 9.99. The summed E-state index contributed by atoms with van der Waals surface area (Å²) in [7, 11) is 1.62. The van der Waals surface area contributed by atoms with E-state index in [2.05, 4.69) is 22.1 Å². The molecule has 2 amide bonds. The van der Waals surface area contributed by atoms with Crippen molar-refractivity contribution in [2.45, 2.75) is 38.6 Å². The van der Waals surface area contributed by atoms with Crippen molar-refractivity contribution in [3.05, 3.63) is 78.5 Å². The van der Waals surface area contributed by atoms with Crippen LogP contribution in [0.1, 0.15) is 43.0 Å². The van der Waals surface area contributed by atoms with Gasteiger partial charge in [0, 0.05) is 54.5 Å². The molecule has 1 aliphatic heterocycles. The lowest BCUT2D eigenvalue weighted by Gasteiger charge is -2.37. The predicted octanol–water partition coefficient (Wildman–Crippen LogP) is 5.74. The van der Waals surface area contributed by atoms with E-state index in [-0.39, 0.29) is 11.8 Å². The molecule has 7 nitrogen and oxygen atoms in total. The van der Waals surface area contributed by atoms with E-state index >= 15 is 0 Å². The average molecular weight is 459 g/mol.